The summed E-state index contributed by atoms with van der Waals surface area (Å²) >= 11 is 0. The molecule has 0 aliphatic heterocycles. The fourth-order valence-electron chi connectivity index (χ4n) is 2.02. The highest BCUT2D eigenvalue weighted by Gasteiger charge is 2.12. The standard InChI is InChI=1S/C16H20N4O3/c1-19(2)9-8-17-10-13-14(21)18-16(23)20(15(13)22)11-12-6-4-3-5-7-12/h3-7,10,22H,8-9,11H2,1-2H3,(H,18,21,23). The summed E-state index contributed by atoms with van der Waals surface area (Å²) in [5.41, 5.74) is -0.473. The van der Waals surface area contributed by atoms with Crippen molar-refractivity contribution in [1.29, 1.82) is 0 Å². The number of nitrogens with one attached hydrogen (secondary N) is 1. The van der Waals surface area contributed by atoms with Crippen molar-refractivity contribution in [2.45, 2.75) is 6.54 Å². The van der Waals surface area contributed by atoms with Gasteiger partial charge in [-0.25, -0.2) is 4.79 Å². The normalized spacial score (nSPS) is 11.4. The van der Waals surface area contributed by atoms with E-state index in [2.05, 4.69) is 9.98 Å². The quantitative estimate of drug-likeness (QED) is 0.749. The van der Waals surface area contributed by atoms with Crippen LogP contribution in [0.25, 0.3) is 0 Å². The van der Waals surface area contributed by atoms with Crippen LogP contribution in [0.1, 0.15) is 11.1 Å². The SMILES string of the molecule is CN(C)CCN=Cc1c(O)n(Cc2ccccc2)c(=O)[nH]c1=O. The average molecular weight is 316 g/mol. The maximum absolute atomic E-state index is 11.9. The Hall–Kier alpha value is -2.67. The Labute approximate surface area is 133 Å². The van der Waals surface area contributed by atoms with Gasteiger partial charge >= 0.3 is 5.69 Å². The molecule has 0 radical (unpaired) electrons. The Morgan fingerprint density at radius 1 is 1.26 bits per heavy atom. The largest absolute Gasteiger partial charge is 0.494 e. The molecule has 2 rings (SSSR count). The molecule has 0 aliphatic carbocycles. The van der Waals surface area contributed by atoms with Crippen LogP contribution in [0.2, 0.25) is 0 Å². The van der Waals surface area contributed by atoms with Crippen molar-refractivity contribution in [3.05, 3.63) is 62.3 Å². The predicted octanol–water partition coefficient (Wildman–Crippen LogP) is 0.271. The van der Waals surface area contributed by atoms with Crippen LogP contribution in [0.15, 0.2) is 44.9 Å². The van der Waals surface area contributed by atoms with Crippen LogP contribution in [0.3, 0.4) is 0 Å². The third kappa shape index (κ3) is 4.40. The fourth-order valence-corrected chi connectivity index (χ4v) is 2.02. The Kier molecular flexibility index (Phi) is 5.48. The fraction of sp³-hybridized carbons (Fsp3) is 0.312. The summed E-state index contributed by atoms with van der Waals surface area (Å²) in [6, 6.07) is 9.21. The van der Waals surface area contributed by atoms with E-state index in [-0.39, 0.29) is 18.0 Å². The lowest BCUT2D eigenvalue weighted by Crippen LogP contribution is -2.32. The number of hydrogen-bond acceptors (Lipinski definition) is 5. The maximum Gasteiger partial charge on any atom is 0.331 e. The number of H-pyrrole nitrogens is 1. The van der Waals surface area contributed by atoms with E-state index in [4.69, 9.17) is 0 Å². The first-order chi connectivity index (χ1) is 11.0. The van der Waals surface area contributed by atoms with Crippen LogP contribution in [0.5, 0.6) is 5.88 Å². The van der Waals surface area contributed by atoms with Crippen LogP contribution in [-0.2, 0) is 6.54 Å². The van der Waals surface area contributed by atoms with Gasteiger partial charge in [-0.3, -0.25) is 19.3 Å². The Bertz CT molecular complexity index is 791. The average Bonchev–Trinajstić information content (AvgIpc) is 2.51. The third-order valence-electron chi connectivity index (χ3n) is 3.29. The van der Waals surface area contributed by atoms with Crippen molar-refractivity contribution in [1.82, 2.24) is 14.5 Å². The Morgan fingerprint density at radius 2 is 1.96 bits per heavy atom. The molecule has 1 aromatic carbocycles. The summed E-state index contributed by atoms with van der Waals surface area (Å²) in [5.74, 6) is -0.379. The number of likely N-dealkylation sites (N-methyl/N-ethyl adjacent to an activating group) is 1. The number of aromatic nitrogens is 2. The molecule has 0 spiro atoms. The first kappa shape index (κ1) is 16.7. The Morgan fingerprint density at radius 3 is 2.61 bits per heavy atom. The predicted molar refractivity (Wildman–Crippen MR) is 89.5 cm³/mol. The topological polar surface area (TPSA) is 90.7 Å². The molecule has 23 heavy (non-hydrogen) atoms. The van der Waals surface area contributed by atoms with Crippen molar-refractivity contribution >= 4 is 6.21 Å². The van der Waals surface area contributed by atoms with Crippen molar-refractivity contribution in [2.24, 2.45) is 4.99 Å². The van der Waals surface area contributed by atoms with Crippen molar-refractivity contribution in [2.75, 3.05) is 27.2 Å². The molecular formula is C16H20N4O3. The second-order valence-electron chi connectivity index (χ2n) is 5.41. The summed E-state index contributed by atoms with van der Waals surface area (Å²) < 4.78 is 1.12. The molecule has 0 amide bonds. The van der Waals surface area contributed by atoms with E-state index in [1.165, 1.54) is 6.21 Å². The maximum atomic E-state index is 11.9. The van der Waals surface area contributed by atoms with Gasteiger partial charge in [0.2, 0.25) is 5.88 Å². The molecule has 2 aromatic rings. The summed E-state index contributed by atoms with van der Waals surface area (Å²) in [4.78, 5) is 32.1. The van der Waals surface area contributed by atoms with Crippen molar-refractivity contribution in [3.8, 4) is 5.88 Å². The zero-order valence-electron chi connectivity index (χ0n) is 13.2. The highest BCUT2D eigenvalue weighted by molar-refractivity contribution is 5.81. The number of nitrogens with zero attached hydrogens (tertiary/aromatic N) is 3. The number of rotatable bonds is 6. The molecule has 0 saturated carbocycles. The molecule has 0 unspecified atom stereocenters. The summed E-state index contributed by atoms with van der Waals surface area (Å²) in [7, 11) is 3.83. The highest BCUT2D eigenvalue weighted by atomic mass is 16.3. The second kappa shape index (κ2) is 7.55. The highest BCUT2D eigenvalue weighted by Crippen LogP contribution is 2.10. The molecular weight excluding hydrogens is 296 g/mol. The zero-order valence-corrected chi connectivity index (χ0v) is 13.2. The number of aromatic hydroxyl groups is 1. The molecule has 2 N–H and O–H groups in total. The van der Waals surface area contributed by atoms with Crippen LogP contribution in [0.4, 0.5) is 0 Å². The summed E-state index contributed by atoms with van der Waals surface area (Å²) in [5, 5.41) is 10.3. The van der Waals surface area contributed by atoms with Gasteiger partial charge in [-0.05, 0) is 19.7 Å². The number of aliphatic imine (C=N–C) groups is 1. The van der Waals surface area contributed by atoms with E-state index in [1.54, 1.807) is 0 Å². The lowest BCUT2D eigenvalue weighted by Gasteiger charge is -2.10. The van der Waals surface area contributed by atoms with Gasteiger partial charge in [0.05, 0.1) is 13.1 Å². The molecule has 0 fully saturated rings. The minimum absolute atomic E-state index is 0.0145. The first-order valence-corrected chi connectivity index (χ1v) is 7.23. The minimum Gasteiger partial charge on any atom is -0.494 e. The van der Waals surface area contributed by atoms with Gasteiger partial charge in [0.1, 0.15) is 5.56 Å². The molecule has 0 atom stereocenters. The van der Waals surface area contributed by atoms with E-state index in [0.29, 0.717) is 6.54 Å². The molecule has 7 nitrogen and oxygen atoms in total. The van der Waals surface area contributed by atoms with Gasteiger partial charge in [-0.1, -0.05) is 30.3 Å². The lowest BCUT2D eigenvalue weighted by molar-refractivity contribution is 0.408. The van der Waals surface area contributed by atoms with Gasteiger partial charge in [-0.15, -0.1) is 0 Å². The van der Waals surface area contributed by atoms with E-state index in [9.17, 15) is 14.7 Å². The van der Waals surface area contributed by atoms with E-state index in [0.717, 1.165) is 16.7 Å². The van der Waals surface area contributed by atoms with Crippen LogP contribution in [-0.4, -0.2) is 53.0 Å². The molecule has 122 valence electrons. The van der Waals surface area contributed by atoms with Gasteiger partial charge in [-0.2, -0.15) is 0 Å². The molecule has 1 heterocycles. The second-order valence-corrected chi connectivity index (χ2v) is 5.41. The van der Waals surface area contributed by atoms with Crippen LogP contribution < -0.4 is 11.2 Å². The van der Waals surface area contributed by atoms with Crippen LogP contribution >= 0.6 is 0 Å². The van der Waals surface area contributed by atoms with Crippen LogP contribution in [0, 0.1) is 0 Å². The van der Waals surface area contributed by atoms with Gasteiger partial charge in [0, 0.05) is 12.8 Å². The first-order valence-electron chi connectivity index (χ1n) is 7.23. The molecule has 1 aromatic heterocycles. The van der Waals surface area contributed by atoms with E-state index >= 15 is 0 Å². The van der Waals surface area contributed by atoms with Gasteiger partial charge < -0.3 is 10.0 Å². The molecule has 0 aliphatic rings. The minimum atomic E-state index is -0.651. The van der Waals surface area contributed by atoms with Gasteiger partial charge in [0.15, 0.2) is 0 Å². The van der Waals surface area contributed by atoms with E-state index < -0.39 is 11.2 Å². The smallest absolute Gasteiger partial charge is 0.331 e. The zero-order chi connectivity index (χ0) is 16.8. The van der Waals surface area contributed by atoms with E-state index in [1.807, 2.05) is 49.3 Å². The summed E-state index contributed by atoms with van der Waals surface area (Å²) in [6.45, 7) is 1.38. The third-order valence-corrected chi connectivity index (χ3v) is 3.29. The molecule has 7 heteroatoms. The summed E-state index contributed by atoms with van der Waals surface area (Å²) in [6.07, 6.45) is 1.30. The molecule has 0 saturated heterocycles. The monoisotopic (exact) mass is 316 g/mol. The molecule has 0 bridgehead atoms. The number of benzene rings is 1. The Balaban J connectivity index is 2.32. The number of hydrogen-bond donors (Lipinski definition) is 2. The number of aromatic amines is 1. The van der Waals surface area contributed by atoms with Crippen molar-refractivity contribution in [3.63, 3.8) is 0 Å². The lowest BCUT2D eigenvalue weighted by atomic mass is 10.2. The van der Waals surface area contributed by atoms with Crippen molar-refractivity contribution < 1.29 is 5.11 Å². The van der Waals surface area contributed by atoms with Gasteiger partial charge in [0.25, 0.3) is 5.56 Å².